The number of nitrogens with one attached hydrogen (secondary N) is 2. The van der Waals surface area contributed by atoms with Gasteiger partial charge in [0.2, 0.25) is 0 Å². The van der Waals surface area contributed by atoms with Gasteiger partial charge in [0, 0.05) is 17.4 Å². The fourth-order valence-corrected chi connectivity index (χ4v) is 3.19. The highest BCUT2D eigenvalue weighted by atomic mass is 32.2. The van der Waals surface area contributed by atoms with Crippen LogP contribution in [0.1, 0.15) is 67.7 Å². The molecule has 2 N–H and O–H groups in total. The summed E-state index contributed by atoms with van der Waals surface area (Å²) < 4.78 is 0. The Morgan fingerprint density at radius 1 is 1.24 bits per heavy atom. The fourth-order valence-electron chi connectivity index (χ4n) is 1.93. The number of urea groups is 1. The van der Waals surface area contributed by atoms with Gasteiger partial charge >= 0.3 is 6.03 Å². The van der Waals surface area contributed by atoms with Crippen molar-refractivity contribution >= 4 is 23.6 Å². The van der Waals surface area contributed by atoms with E-state index in [1.54, 1.807) is 6.92 Å². The van der Waals surface area contributed by atoms with Crippen LogP contribution < -0.4 is 10.6 Å². The van der Waals surface area contributed by atoms with Gasteiger partial charge in [0.15, 0.2) is 0 Å². The predicted molar refractivity (Wildman–Crippen MR) is 94.1 cm³/mol. The van der Waals surface area contributed by atoms with E-state index in [9.17, 15) is 9.59 Å². The molecule has 0 unspecified atom stereocenters. The first-order valence-corrected chi connectivity index (χ1v) is 9.27. The van der Waals surface area contributed by atoms with E-state index in [2.05, 4.69) is 24.5 Å². The Kier molecular flexibility index (Phi) is 15.3. The van der Waals surface area contributed by atoms with Crippen molar-refractivity contribution in [2.24, 2.45) is 0 Å². The van der Waals surface area contributed by atoms with Gasteiger partial charge in [-0.25, -0.2) is 4.79 Å². The molecule has 2 heterocycles. The van der Waals surface area contributed by atoms with Crippen LogP contribution in [0.3, 0.4) is 0 Å². The molecule has 0 aromatic rings. The summed E-state index contributed by atoms with van der Waals surface area (Å²) >= 11 is 1.91. The van der Waals surface area contributed by atoms with Crippen LogP contribution in [-0.4, -0.2) is 34.9 Å². The van der Waals surface area contributed by atoms with E-state index >= 15 is 0 Å². The molecule has 2 rings (SSSR count). The highest BCUT2D eigenvalue weighted by molar-refractivity contribution is 8.00. The zero-order chi connectivity index (χ0) is 16.8. The van der Waals surface area contributed by atoms with Gasteiger partial charge in [-0.05, 0) is 13.3 Å². The first-order valence-electron chi connectivity index (χ1n) is 8.22. The predicted octanol–water partition coefficient (Wildman–Crippen LogP) is 3.99. The van der Waals surface area contributed by atoms with E-state index < -0.39 is 0 Å². The Hall–Kier alpha value is -0.710. The van der Waals surface area contributed by atoms with Gasteiger partial charge in [0.05, 0.1) is 12.1 Å². The van der Waals surface area contributed by atoms with Crippen molar-refractivity contribution in [1.29, 1.82) is 0 Å². The van der Waals surface area contributed by atoms with Crippen LogP contribution in [0.5, 0.6) is 0 Å². The number of Topliss-reactive ketones (excluding diaryl/α,β-unsaturated/α-hetero) is 1. The lowest BCUT2D eigenvalue weighted by Gasteiger charge is -2.09. The lowest BCUT2D eigenvalue weighted by atomic mass is 10.1. The summed E-state index contributed by atoms with van der Waals surface area (Å²) in [5, 5.41) is 6.34. The second kappa shape index (κ2) is 14.2. The molecule has 21 heavy (non-hydrogen) atoms. The molecule has 2 aliphatic rings. The Labute approximate surface area is 135 Å². The lowest BCUT2D eigenvalue weighted by molar-refractivity contribution is -0.117. The van der Waals surface area contributed by atoms with Gasteiger partial charge in [0.1, 0.15) is 5.78 Å². The Morgan fingerprint density at radius 2 is 1.81 bits per heavy atom. The number of hydrogen-bond acceptors (Lipinski definition) is 3. The molecule has 0 spiro atoms. The molecule has 2 amide bonds. The van der Waals surface area contributed by atoms with Crippen molar-refractivity contribution in [3.8, 4) is 0 Å². The van der Waals surface area contributed by atoms with Crippen LogP contribution in [0, 0.1) is 0 Å². The van der Waals surface area contributed by atoms with Gasteiger partial charge in [0.25, 0.3) is 0 Å². The number of ketones is 1. The summed E-state index contributed by atoms with van der Waals surface area (Å²) in [7, 11) is 0. The smallest absolute Gasteiger partial charge is 0.315 e. The van der Waals surface area contributed by atoms with Crippen LogP contribution in [0.4, 0.5) is 4.79 Å². The second-order valence-electron chi connectivity index (χ2n) is 4.59. The highest BCUT2D eigenvalue weighted by Gasteiger charge is 2.40. The molecule has 0 aromatic carbocycles. The number of carbonyl (C=O) groups is 2. The van der Waals surface area contributed by atoms with Crippen molar-refractivity contribution in [2.75, 3.05) is 5.75 Å². The summed E-state index contributed by atoms with van der Waals surface area (Å²) in [5.41, 5.74) is 0. The fraction of sp³-hybridized carbons (Fsp3) is 0.875. The van der Waals surface area contributed by atoms with Gasteiger partial charge in [-0.3, -0.25) is 0 Å². The lowest BCUT2D eigenvalue weighted by Crippen LogP contribution is -2.35. The van der Waals surface area contributed by atoms with E-state index in [1.807, 2.05) is 39.5 Å². The van der Waals surface area contributed by atoms with Gasteiger partial charge in [-0.15, -0.1) is 0 Å². The molecule has 2 fully saturated rings. The Bertz CT molecular complexity index is 285. The molecule has 3 atom stereocenters. The maximum atomic E-state index is 10.8. The first-order chi connectivity index (χ1) is 10.0. The van der Waals surface area contributed by atoms with Crippen molar-refractivity contribution in [3.05, 3.63) is 0 Å². The molecule has 0 saturated carbocycles. The minimum Gasteiger partial charge on any atom is -0.332 e. The highest BCUT2D eigenvalue weighted by Crippen LogP contribution is 2.28. The molecule has 2 aliphatic heterocycles. The second-order valence-corrected chi connectivity index (χ2v) is 6.00. The number of hydrogen-bond donors (Lipinski definition) is 2. The first kappa shape index (κ1) is 22.6. The summed E-state index contributed by atoms with van der Waals surface area (Å²) in [4.78, 5) is 21.0. The molecule has 2 saturated heterocycles. The maximum absolute atomic E-state index is 10.8. The summed E-state index contributed by atoms with van der Waals surface area (Å²) in [5.74, 6) is 1.37. The summed E-state index contributed by atoms with van der Waals surface area (Å²) in [6.07, 6.45) is 2.94. The van der Waals surface area contributed by atoms with Gasteiger partial charge in [-0.1, -0.05) is 48.0 Å². The van der Waals surface area contributed by atoms with E-state index in [4.69, 9.17) is 0 Å². The van der Waals surface area contributed by atoms with E-state index in [-0.39, 0.29) is 6.03 Å². The SMILES string of the molecule is CC.CC.CCCCC(C)=O.C[C@@H]1SC[C@@H]2NC(=O)N[C@@H]21. The third-order valence-electron chi connectivity index (χ3n) is 2.97. The van der Waals surface area contributed by atoms with Crippen LogP contribution in [0.25, 0.3) is 0 Å². The van der Waals surface area contributed by atoms with Crippen LogP contribution in [0.2, 0.25) is 0 Å². The standard InChI is InChI=1S/C6H10N2OS.C6H12O.2C2H6/c1-3-5-4(2-10-3)7-6(9)8-5;1-3-4-5-6(2)7;2*1-2/h3-5H,2H2,1H3,(H2,7,8,9);3-5H2,1-2H3;2*1-2H3/t3-,4-,5+;;;/m0.../s1. The van der Waals surface area contributed by atoms with Crippen molar-refractivity contribution in [1.82, 2.24) is 10.6 Å². The monoisotopic (exact) mass is 318 g/mol. The van der Waals surface area contributed by atoms with Gasteiger partial charge in [-0.2, -0.15) is 11.8 Å². The van der Waals surface area contributed by atoms with Crippen LogP contribution in [-0.2, 0) is 4.79 Å². The summed E-state index contributed by atoms with van der Waals surface area (Å²) in [6, 6.07) is 0.757. The number of rotatable bonds is 3. The zero-order valence-corrected chi connectivity index (χ0v) is 15.6. The normalized spacial score (nSPS) is 24.7. The largest absolute Gasteiger partial charge is 0.332 e. The van der Waals surface area contributed by atoms with E-state index in [0.717, 1.165) is 25.0 Å². The number of amides is 2. The number of carbonyl (C=O) groups excluding carboxylic acids is 2. The zero-order valence-electron chi connectivity index (χ0n) is 14.8. The topological polar surface area (TPSA) is 58.2 Å². The maximum Gasteiger partial charge on any atom is 0.315 e. The number of unbranched alkanes of at least 4 members (excludes halogenated alkanes) is 1. The molecule has 0 radical (unpaired) electrons. The molecule has 0 aliphatic carbocycles. The molecular weight excluding hydrogens is 284 g/mol. The minimum absolute atomic E-state index is 0.00199. The van der Waals surface area contributed by atoms with Crippen molar-refractivity contribution < 1.29 is 9.59 Å². The van der Waals surface area contributed by atoms with E-state index in [0.29, 0.717) is 23.1 Å². The molecule has 126 valence electrons. The molecule has 0 aromatic heterocycles. The minimum atomic E-state index is 0.00199. The third-order valence-corrected chi connectivity index (χ3v) is 4.35. The van der Waals surface area contributed by atoms with Crippen molar-refractivity contribution in [3.63, 3.8) is 0 Å². The van der Waals surface area contributed by atoms with Crippen molar-refractivity contribution in [2.45, 2.75) is 85.1 Å². The molecule has 0 bridgehead atoms. The van der Waals surface area contributed by atoms with Crippen LogP contribution in [0.15, 0.2) is 0 Å². The average molecular weight is 319 g/mol. The summed E-state index contributed by atoms with van der Waals surface area (Å²) in [6.45, 7) is 13.9. The quantitative estimate of drug-likeness (QED) is 0.774. The van der Waals surface area contributed by atoms with E-state index in [1.165, 1.54) is 0 Å². The Balaban J connectivity index is 0. The third kappa shape index (κ3) is 9.77. The Morgan fingerprint density at radius 3 is 2.19 bits per heavy atom. The number of fused-ring (bicyclic) bond motifs is 1. The molecule has 5 heteroatoms. The van der Waals surface area contributed by atoms with Crippen LogP contribution >= 0.6 is 11.8 Å². The number of thioether (sulfide) groups is 1. The van der Waals surface area contributed by atoms with Gasteiger partial charge < -0.3 is 15.4 Å². The molecule has 4 nitrogen and oxygen atoms in total. The average Bonchev–Trinajstić information content (AvgIpc) is 3.03. The molecular formula is C16H34N2O2S.